The standard InChI is InChI=1S/C24H24N6O2S/c31-22-21(33-24(32)29-22)13-18-6-10-27-23(28-18)30-11-7-16(8-12-30)14-25-15-20-19-4-2-1-3-17(19)5-9-26-20/h1-6,9-10,13,16,25H,7-8,11-12,14-15H2,(H,29,31,32)/b21-13+. The summed E-state index contributed by atoms with van der Waals surface area (Å²) in [6.07, 6.45) is 7.30. The van der Waals surface area contributed by atoms with Crippen LogP contribution < -0.4 is 15.5 Å². The van der Waals surface area contributed by atoms with E-state index in [4.69, 9.17) is 0 Å². The molecule has 5 rings (SSSR count). The number of piperidine rings is 1. The van der Waals surface area contributed by atoms with Gasteiger partial charge in [0, 0.05) is 37.4 Å². The predicted molar refractivity (Wildman–Crippen MR) is 130 cm³/mol. The molecule has 1 aromatic carbocycles. The number of fused-ring (bicyclic) bond motifs is 1. The highest BCUT2D eigenvalue weighted by Gasteiger charge is 2.25. The summed E-state index contributed by atoms with van der Waals surface area (Å²) in [7, 11) is 0. The number of hydrogen-bond donors (Lipinski definition) is 2. The SMILES string of the molecule is O=C1NC(=O)/C(=C\c2ccnc(N3CCC(CNCc4nccc5ccccc45)CC3)n2)S1. The van der Waals surface area contributed by atoms with Gasteiger partial charge in [-0.1, -0.05) is 24.3 Å². The molecule has 2 aliphatic rings. The first kappa shape index (κ1) is 21.5. The highest BCUT2D eigenvalue weighted by molar-refractivity contribution is 8.18. The van der Waals surface area contributed by atoms with E-state index in [0.717, 1.165) is 56.5 Å². The molecule has 33 heavy (non-hydrogen) atoms. The van der Waals surface area contributed by atoms with E-state index in [1.807, 2.05) is 12.3 Å². The van der Waals surface area contributed by atoms with Crippen molar-refractivity contribution in [3.05, 3.63) is 65.1 Å². The van der Waals surface area contributed by atoms with Crippen LogP contribution in [0.1, 0.15) is 24.2 Å². The Bertz CT molecular complexity index is 1220. The van der Waals surface area contributed by atoms with Crippen molar-refractivity contribution in [2.45, 2.75) is 19.4 Å². The Morgan fingerprint density at radius 2 is 1.91 bits per heavy atom. The molecule has 0 atom stereocenters. The maximum absolute atomic E-state index is 11.8. The predicted octanol–water partition coefficient (Wildman–Crippen LogP) is 3.35. The maximum Gasteiger partial charge on any atom is 0.290 e. The molecule has 168 valence electrons. The molecule has 0 unspecified atom stereocenters. The van der Waals surface area contributed by atoms with E-state index >= 15 is 0 Å². The fourth-order valence-electron chi connectivity index (χ4n) is 4.20. The zero-order valence-corrected chi connectivity index (χ0v) is 18.8. The number of rotatable bonds is 6. The minimum atomic E-state index is -0.378. The largest absolute Gasteiger partial charge is 0.341 e. The van der Waals surface area contributed by atoms with Crippen LogP contribution in [-0.4, -0.2) is 45.7 Å². The summed E-state index contributed by atoms with van der Waals surface area (Å²) >= 11 is 0.893. The number of thioether (sulfide) groups is 1. The van der Waals surface area contributed by atoms with Gasteiger partial charge in [-0.3, -0.25) is 19.9 Å². The highest BCUT2D eigenvalue weighted by Crippen LogP contribution is 2.26. The number of nitrogens with zero attached hydrogens (tertiary/aromatic N) is 4. The topological polar surface area (TPSA) is 100 Å². The van der Waals surface area contributed by atoms with Crippen LogP contribution in [0.25, 0.3) is 16.8 Å². The minimum absolute atomic E-state index is 0.354. The Kier molecular flexibility index (Phi) is 6.32. The molecule has 2 saturated heterocycles. The Hall–Kier alpha value is -3.30. The molecule has 0 aliphatic carbocycles. The summed E-state index contributed by atoms with van der Waals surface area (Å²) in [4.78, 5) is 39.2. The average molecular weight is 461 g/mol. The van der Waals surface area contributed by atoms with Crippen LogP contribution in [0.3, 0.4) is 0 Å². The van der Waals surface area contributed by atoms with Crippen LogP contribution >= 0.6 is 11.8 Å². The molecule has 0 saturated carbocycles. The fourth-order valence-corrected chi connectivity index (χ4v) is 4.87. The van der Waals surface area contributed by atoms with Crippen LogP contribution in [0.4, 0.5) is 10.7 Å². The number of carbonyl (C=O) groups is 2. The molecule has 0 spiro atoms. The van der Waals surface area contributed by atoms with Gasteiger partial charge in [0.1, 0.15) is 0 Å². The Labute approximate surface area is 195 Å². The number of hydrogen-bond acceptors (Lipinski definition) is 8. The molecule has 9 heteroatoms. The van der Waals surface area contributed by atoms with Crippen LogP contribution in [0, 0.1) is 5.92 Å². The third-order valence-electron chi connectivity index (χ3n) is 5.96. The van der Waals surface area contributed by atoms with Crippen molar-refractivity contribution < 1.29 is 9.59 Å². The second-order valence-corrected chi connectivity index (χ2v) is 9.19. The van der Waals surface area contributed by atoms with Gasteiger partial charge < -0.3 is 10.2 Å². The van der Waals surface area contributed by atoms with Crippen molar-refractivity contribution in [2.75, 3.05) is 24.5 Å². The lowest BCUT2D eigenvalue weighted by Gasteiger charge is -2.32. The molecule has 2 N–H and O–H groups in total. The molecule has 0 bridgehead atoms. The van der Waals surface area contributed by atoms with Gasteiger partial charge in [0.2, 0.25) is 5.95 Å². The van der Waals surface area contributed by atoms with Crippen molar-refractivity contribution in [1.29, 1.82) is 0 Å². The van der Waals surface area contributed by atoms with E-state index in [0.29, 0.717) is 22.5 Å². The summed E-state index contributed by atoms with van der Waals surface area (Å²) in [5.74, 6) is 0.869. The monoisotopic (exact) mass is 460 g/mol. The van der Waals surface area contributed by atoms with Gasteiger partial charge in [-0.2, -0.15) is 0 Å². The van der Waals surface area contributed by atoms with Crippen molar-refractivity contribution in [3.63, 3.8) is 0 Å². The minimum Gasteiger partial charge on any atom is -0.341 e. The fraction of sp³-hybridized carbons (Fsp3) is 0.292. The van der Waals surface area contributed by atoms with Gasteiger partial charge in [-0.15, -0.1) is 0 Å². The number of imide groups is 1. The summed E-state index contributed by atoms with van der Waals surface area (Å²) in [5.41, 5.74) is 1.71. The van der Waals surface area contributed by atoms with Crippen molar-refractivity contribution in [3.8, 4) is 0 Å². The Morgan fingerprint density at radius 3 is 2.73 bits per heavy atom. The van der Waals surface area contributed by atoms with E-state index in [9.17, 15) is 9.59 Å². The molecular weight excluding hydrogens is 436 g/mol. The first-order chi connectivity index (χ1) is 16.2. The lowest BCUT2D eigenvalue weighted by molar-refractivity contribution is -0.115. The highest BCUT2D eigenvalue weighted by atomic mass is 32.2. The van der Waals surface area contributed by atoms with Crippen LogP contribution in [0.2, 0.25) is 0 Å². The number of benzene rings is 1. The van der Waals surface area contributed by atoms with Gasteiger partial charge in [-0.25, -0.2) is 9.97 Å². The molecule has 3 aromatic rings. The molecule has 2 aromatic heterocycles. The normalized spacial score (nSPS) is 18.3. The second kappa shape index (κ2) is 9.68. The van der Waals surface area contributed by atoms with Gasteiger partial charge in [0.05, 0.1) is 16.3 Å². The van der Waals surface area contributed by atoms with Crippen molar-refractivity contribution in [1.82, 2.24) is 25.6 Å². The zero-order valence-electron chi connectivity index (χ0n) is 18.0. The number of amides is 2. The number of nitrogens with one attached hydrogen (secondary N) is 2. The average Bonchev–Trinajstić information content (AvgIpc) is 3.16. The van der Waals surface area contributed by atoms with Crippen LogP contribution in [0.15, 0.2) is 53.7 Å². The van der Waals surface area contributed by atoms with E-state index in [1.54, 1.807) is 18.3 Å². The molecular formula is C24H24N6O2S. The van der Waals surface area contributed by atoms with Crippen LogP contribution in [-0.2, 0) is 11.3 Å². The number of carbonyl (C=O) groups excluding carboxylic acids is 2. The number of aromatic nitrogens is 3. The van der Waals surface area contributed by atoms with E-state index in [2.05, 4.69) is 54.8 Å². The quantitative estimate of drug-likeness (QED) is 0.540. The van der Waals surface area contributed by atoms with E-state index in [1.165, 1.54) is 10.8 Å². The Morgan fingerprint density at radius 1 is 1.09 bits per heavy atom. The maximum atomic E-state index is 11.8. The van der Waals surface area contributed by atoms with E-state index < -0.39 is 0 Å². The summed E-state index contributed by atoms with van der Waals surface area (Å²) in [5, 5.41) is 7.91. The third kappa shape index (κ3) is 5.04. The third-order valence-corrected chi connectivity index (χ3v) is 6.78. The number of anilines is 1. The van der Waals surface area contributed by atoms with Crippen LogP contribution in [0.5, 0.6) is 0 Å². The molecule has 0 radical (unpaired) electrons. The summed E-state index contributed by atoms with van der Waals surface area (Å²) in [6, 6.07) is 12.1. The van der Waals surface area contributed by atoms with Gasteiger partial charge >= 0.3 is 0 Å². The Balaban J connectivity index is 1.14. The van der Waals surface area contributed by atoms with Gasteiger partial charge in [0.25, 0.3) is 11.1 Å². The number of pyridine rings is 1. The smallest absolute Gasteiger partial charge is 0.290 e. The molecule has 2 aliphatic heterocycles. The second-order valence-electron chi connectivity index (χ2n) is 8.17. The first-order valence-corrected chi connectivity index (χ1v) is 11.8. The zero-order chi connectivity index (χ0) is 22.6. The molecule has 8 nitrogen and oxygen atoms in total. The lowest BCUT2D eigenvalue weighted by atomic mass is 9.97. The van der Waals surface area contributed by atoms with E-state index in [-0.39, 0.29) is 11.1 Å². The molecule has 2 fully saturated rings. The molecule has 2 amide bonds. The summed E-state index contributed by atoms with van der Waals surface area (Å²) in [6.45, 7) is 3.47. The van der Waals surface area contributed by atoms with Crippen molar-refractivity contribution >= 4 is 45.7 Å². The molecule has 4 heterocycles. The summed E-state index contributed by atoms with van der Waals surface area (Å²) < 4.78 is 0. The first-order valence-electron chi connectivity index (χ1n) is 11.0. The van der Waals surface area contributed by atoms with Crippen molar-refractivity contribution in [2.24, 2.45) is 5.92 Å². The lowest BCUT2D eigenvalue weighted by Crippen LogP contribution is -2.38. The van der Waals surface area contributed by atoms with Gasteiger partial charge in [0.15, 0.2) is 0 Å². The van der Waals surface area contributed by atoms with Gasteiger partial charge in [-0.05, 0) is 60.7 Å².